The molecular weight excluding hydrogens is 578 g/mol. The van der Waals surface area contributed by atoms with E-state index in [0.717, 1.165) is 27.5 Å². The van der Waals surface area contributed by atoms with E-state index in [9.17, 15) is 0 Å². The number of hydrogen-bond acceptors (Lipinski definition) is 3. The average Bonchev–Trinajstić information content (AvgIpc) is 3.66. The van der Waals surface area contributed by atoms with Crippen LogP contribution in [0.4, 0.5) is 0 Å². The maximum Gasteiger partial charge on any atom is 0.181 e. The van der Waals surface area contributed by atoms with Crippen molar-refractivity contribution in [1.29, 1.82) is 0 Å². The van der Waals surface area contributed by atoms with Crippen molar-refractivity contribution in [1.82, 2.24) is 14.8 Å². The maximum atomic E-state index is 7.00. The summed E-state index contributed by atoms with van der Waals surface area (Å²) < 4.78 is 4.46. The second-order valence-corrected chi connectivity index (χ2v) is 12.7. The quantitative estimate of drug-likeness (QED) is 0.188. The van der Waals surface area contributed by atoms with Gasteiger partial charge in [0.25, 0.3) is 0 Å². The van der Waals surface area contributed by atoms with Gasteiger partial charge in [0.1, 0.15) is 0 Å². The number of fused-ring (bicyclic) bond motifs is 8. The number of thiophene rings is 1. The highest BCUT2D eigenvalue weighted by atomic mass is 35.5. The summed E-state index contributed by atoms with van der Waals surface area (Å²) in [5, 5.41) is 15.7. The Kier molecular flexibility index (Phi) is 5.80. The molecule has 7 aromatic carbocycles. The average molecular weight is 602 g/mol. The van der Waals surface area contributed by atoms with Gasteiger partial charge in [-0.15, -0.1) is 11.3 Å². The van der Waals surface area contributed by atoms with Gasteiger partial charge in [0.2, 0.25) is 0 Å². The van der Waals surface area contributed by atoms with E-state index in [-0.39, 0.29) is 0 Å². The normalized spacial score (nSPS) is 11.8. The van der Waals surface area contributed by atoms with Gasteiger partial charge in [-0.05, 0) is 62.1 Å². The fourth-order valence-electron chi connectivity index (χ4n) is 6.42. The van der Waals surface area contributed by atoms with Crippen LogP contribution in [-0.4, -0.2) is 14.8 Å². The number of aromatic nitrogens is 3. The Morgan fingerprint density at radius 1 is 0.568 bits per heavy atom. The zero-order valence-corrected chi connectivity index (χ0v) is 25.1. The molecule has 2 heterocycles. The summed E-state index contributed by atoms with van der Waals surface area (Å²) in [7, 11) is 0. The lowest BCUT2D eigenvalue weighted by Crippen LogP contribution is -2.05. The highest BCUT2D eigenvalue weighted by molar-refractivity contribution is 7.26. The molecule has 2 aromatic heterocycles. The van der Waals surface area contributed by atoms with Gasteiger partial charge in [-0.3, -0.25) is 0 Å². The second-order valence-electron chi connectivity index (χ2n) is 11.2. The zero-order chi connectivity index (χ0) is 29.2. The van der Waals surface area contributed by atoms with Crippen molar-refractivity contribution < 1.29 is 0 Å². The second kappa shape index (κ2) is 10.0. The minimum absolute atomic E-state index is 0.502. The highest BCUT2D eigenvalue weighted by Gasteiger charge is 2.18. The fourth-order valence-corrected chi connectivity index (χ4v) is 7.85. The summed E-state index contributed by atoms with van der Waals surface area (Å²) in [6.07, 6.45) is 0. The molecule has 208 valence electrons. The number of nitrogens with zero attached hydrogens (tertiary/aromatic N) is 3. The van der Waals surface area contributed by atoms with Crippen LogP contribution in [0.1, 0.15) is 5.56 Å². The third-order valence-electron chi connectivity index (χ3n) is 8.56. The predicted molar refractivity (Wildman–Crippen MR) is 187 cm³/mol. The van der Waals surface area contributed by atoms with E-state index < -0.39 is 0 Å². The summed E-state index contributed by atoms with van der Waals surface area (Å²) in [4.78, 5) is 5.10. The van der Waals surface area contributed by atoms with Crippen LogP contribution in [0, 0.1) is 0 Å². The lowest BCUT2D eigenvalue weighted by molar-refractivity contribution is 0.696. The van der Waals surface area contributed by atoms with Gasteiger partial charge in [0.05, 0.1) is 6.54 Å². The Labute approximate surface area is 262 Å². The van der Waals surface area contributed by atoms with E-state index in [1.165, 1.54) is 52.5 Å². The van der Waals surface area contributed by atoms with Crippen molar-refractivity contribution in [3.8, 4) is 22.8 Å². The smallest absolute Gasteiger partial charge is 0.181 e. The molecule has 0 fully saturated rings. The van der Waals surface area contributed by atoms with Gasteiger partial charge in [0, 0.05) is 36.3 Å². The zero-order valence-electron chi connectivity index (χ0n) is 23.5. The van der Waals surface area contributed by atoms with E-state index in [0.29, 0.717) is 12.4 Å². The summed E-state index contributed by atoms with van der Waals surface area (Å²) >= 11 is 8.79. The number of halogens is 1. The minimum Gasteiger partial charge on any atom is -0.241 e. The van der Waals surface area contributed by atoms with Crippen LogP contribution < -0.4 is 0 Å². The van der Waals surface area contributed by atoms with Gasteiger partial charge < -0.3 is 0 Å². The van der Waals surface area contributed by atoms with Crippen LogP contribution in [0.2, 0.25) is 5.02 Å². The molecule has 9 aromatic rings. The first-order valence-electron chi connectivity index (χ1n) is 14.6. The van der Waals surface area contributed by atoms with E-state index in [4.69, 9.17) is 21.7 Å². The van der Waals surface area contributed by atoms with Crippen LogP contribution in [-0.2, 0) is 6.54 Å². The number of benzene rings is 7. The number of rotatable bonds is 4. The van der Waals surface area contributed by atoms with Crippen LogP contribution in [0.3, 0.4) is 0 Å². The Hall–Kier alpha value is -5.03. The molecule has 0 aliphatic rings. The molecule has 0 unspecified atom stereocenters. The third-order valence-corrected chi connectivity index (χ3v) is 10.0. The van der Waals surface area contributed by atoms with Crippen LogP contribution in [0.5, 0.6) is 0 Å². The SMILES string of the molecule is Clc1cc2sc3ccc4ccccc4c3c2cc1Cn1nc(-c2ccccc2)nc1-c1ccc2c(ccc3ccccc32)c1. The molecule has 0 spiro atoms. The molecular formula is C39H24ClN3S. The molecule has 0 amide bonds. The molecule has 0 N–H and O–H groups in total. The number of hydrogen-bond donors (Lipinski definition) is 0. The molecule has 5 heteroatoms. The van der Waals surface area contributed by atoms with Crippen LogP contribution in [0.25, 0.3) is 75.3 Å². The first-order chi connectivity index (χ1) is 21.7. The largest absolute Gasteiger partial charge is 0.241 e. The molecule has 0 radical (unpaired) electrons. The van der Waals surface area contributed by atoms with Crippen molar-refractivity contribution >= 4 is 75.4 Å². The monoisotopic (exact) mass is 601 g/mol. The first-order valence-corrected chi connectivity index (χ1v) is 15.8. The molecule has 0 atom stereocenters. The molecule has 0 aliphatic carbocycles. The topological polar surface area (TPSA) is 30.7 Å². The standard InChI is InChI=1S/C39H24ClN3S/c40-34-22-36-33(37-32-13-7-5-9-25(32)17-19-35(37)44-36)21-29(34)23-43-39(41-38(42-43)26-10-2-1-3-11-26)28-16-18-31-27(20-28)15-14-24-8-4-6-12-30(24)31/h1-22H,23H2. The van der Waals surface area contributed by atoms with Crippen molar-refractivity contribution in [2.45, 2.75) is 6.54 Å². The van der Waals surface area contributed by atoms with E-state index in [1.807, 2.05) is 22.9 Å². The Morgan fingerprint density at radius 3 is 2.14 bits per heavy atom. The lowest BCUT2D eigenvalue weighted by atomic mass is 10.00. The van der Waals surface area contributed by atoms with Gasteiger partial charge in [-0.2, -0.15) is 5.10 Å². The highest BCUT2D eigenvalue weighted by Crippen LogP contribution is 2.41. The summed E-state index contributed by atoms with van der Waals surface area (Å²) in [6.45, 7) is 0.502. The van der Waals surface area contributed by atoms with Crippen molar-refractivity contribution in [2.24, 2.45) is 0 Å². The maximum absolute atomic E-state index is 7.00. The van der Waals surface area contributed by atoms with Gasteiger partial charge in [0.15, 0.2) is 11.6 Å². The van der Waals surface area contributed by atoms with Gasteiger partial charge in [-0.25, -0.2) is 9.67 Å². The van der Waals surface area contributed by atoms with Crippen molar-refractivity contribution in [3.05, 3.63) is 144 Å². The van der Waals surface area contributed by atoms with Crippen molar-refractivity contribution in [3.63, 3.8) is 0 Å². The Balaban J connectivity index is 1.22. The van der Waals surface area contributed by atoms with Crippen LogP contribution in [0.15, 0.2) is 133 Å². The Bertz CT molecular complexity index is 2550. The minimum atomic E-state index is 0.502. The molecule has 0 saturated carbocycles. The van der Waals surface area contributed by atoms with Crippen LogP contribution >= 0.6 is 22.9 Å². The van der Waals surface area contributed by atoms with E-state index in [2.05, 4.69) is 115 Å². The lowest BCUT2D eigenvalue weighted by Gasteiger charge is -2.10. The molecule has 44 heavy (non-hydrogen) atoms. The third kappa shape index (κ3) is 4.10. The van der Waals surface area contributed by atoms with Gasteiger partial charge >= 0.3 is 0 Å². The van der Waals surface area contributed by atoms with E-state index in [1.54, 1.807) is 11.3 Å². The molecule has 9 rings (SSSR count). The summed E-state index contributed by atoms with van der Waals surface area (Å²) in [5.74, 6) is 1.51. The van der Waals surface area contributed by atoms with E-state index >= 15 is 0 Å². The van der Waals surface area contributed by atoms with Crippen molar-refractivity contribution in [2.75, 3.05) is 0 Å². The fraction of sp³-hybridized carbons (Fsp3) is 0.0256. The summed E-state index contributed by atoms with van der Waals surface area (Å²) in [6, 6.07) is 47.0. The Morgan fingerprint density at radius 2 is 1.27 bits per heavy atom. The van der Waals surface area contributed by atoms with Gasteiger partial charge in [-0.1, -0.05) is 121 Å². The first kappa shape index (κ1) is 25.5. The predicted octanol–water partition coefficient (Wildman–Crippen LogP) is 11.1. The molecule has 3 nitrogen and oxygen atoms in total. The summed E-state index contributed by atoms with van der Waals surface area (Å²) in [5.41, 5.74) is 3.02. The molecule has 0 bridgehead atoms. The molecule has 0 saturated heterocycles. The molecule has 0 aliphatic heterocycles.